The van der Waals surface area contributed by atoms with Crippen LogP contribution in [-0.2, 0) is 17.6 Å². The molecule has 0 aliphatic carbocycles. The molecule has 22 heavy (non-hydrogen) atoms. The first-order valence-electron chi connectivity index (χ1n) is 7.30. The predicted molar refractivity (Wildman–Crippen MR) is 81.6 cm³/mol. The lowest BCUT2D eigenvalue weighted by Crippen LogP contribution is -2.31. The Hall–Kier alpha value is -1.73. The highest BCUT2D eigenvalue weighted by atomic mass is 32.1. The van der Waals surface area contributed by atoms with Crippen LogP contribution in [0.15, 0.2) is 16.0 Å². The first-order valence-corrected chi connectivity index (χ1v) is 8.18. The lowest BCUT2D eigenvalue weighted by molar-refractivity contribution is -0.129. The molecule has 6 nitrogen and oxygen atoms in total. The molecule has 0 saturated carbocycles. The highest BCUT2D eigenvalue weighted by molar-refractivity contribution is 7.09. The fourth-order valence-corrected chi connectivity index (χ4v) is 3.40. The number of carbonyl (C=O) groups is 1. The molecule has 0 bridgehead atoms. The SMILES string of the molecule is Cc1cc(C[C@@H]2CN(C(=O)Cc3csc(C)n3)C[C@@H]2O)on1. The van der Waals surface area contributed by atoms with Gasteiger partial charge in [-0.2, -0.15) is 0 Å². The summed E-state index contributed by atoms with van der Waals surface area (Å²) < 4.78 is 5.20. The van der Waals surface area contributed by atoms with Crippen LogP contribution in [0.3, 0.4) is 0 Å². The quantitative estimate of drug-likeness (QED) is 0.919. The molecule has 2 aromatic rings. The molecule has 2 atom stereocenters. The molecule has 0 aromatic carbocycles. The van der Waals surface area contributed by atoms with Crippen LogP contribution in [0.4, 0.5) is 0 Å². The maximum Gasteiger partial charge on any atom is 0.228 e. The van der Waals surface area contributed by atoms with E-state index in [1.54, 1.807) is 16.2 Å². The molecule has 1 aliphatic heterocycles. The molecule has 0 radical (unpaired) electrons. The minimum atomic E-state index is -0.522. The average Bonchev–Trinajstić information content (AvgIpc) is 3.14. The fourth-order valence-electron chi connectivity index (χ4n) is 2.79. The van der Waals surface area contributed by atoms with Crippen molar-refractivity contribution in [3.63, 3.8) is 0 Å². The zero-order valence-corrected chi connectivity index (χ0v) is 13.5. The molecular formula is C15H19N3O3S. The van der Waals surface area contributed by atoms with Gasteiger partial charge in [0.25, 0.3) is 0 Å². The highest BCUT2D eigenvalue weighted by Crippen LogP contribution is 2.23. The van der Waals surface area contributed by atoms with Crippen LogP contribution in [0, 0.1) is 19.8 Å². The van der Waals surface area contributed by atoms with Gasteiger partial charge in [-0.3, -0.25) is 4.79 Å². The lowest BCUT2D eigenvalue weighted by atomic mass is 10.0. The second kappa shape index (κ2) is 6.18. The molecule has 1 N–H and O–H groups in total. The predicted octanol–water partition coefficient (Wildman–Crippen LogP) is 1.35. The van der Waals surface area contributed by atoms with E-state index in [-0.39, 0.29) is 11.8 Å². The third kappa shape index (κ3) is 3.36. The van der Waals surface area contributed by atoms with Gasteiger partial charge in [-0.15, -0.1) is 11.3 Å². The maximum absolute atomic E-state index is 12.3. The number of hydrogen-bond donors (Lipinski definition) is 1. The van der Waals surface area contributed by atoms with E-state index in [0.717, 1.165) is 22.2 Å². The van der Waals surface area contributed by atoms with Crippen LogP contribution < -0.4 is 0 Å². The van der Waals surface area contributed by atoms with Crippen molar-refractivity contribution in [3.8, 4) is 0 Å². The van der Waals surface area contributed by atoms with E-state index in [2.05, 4.69) is 10.1 Å². The van der Waals surface area contributed by atoms with Crippen molar-refractivity contribution in [1.29, 1.82) is 0 Å². The van der Waals surface area contributed by atoms with E-state index >= 15 is 0 Å². The van der Waals surface area contributed by atoms with Gasteiger partial charge in [-0.25, -0.2) is 4.98 Å². The molecule has 0 spiro atoms. The van der Waals surface area contributed by atoms with Gasteiger partial charge < -0.3 is 14.5 Å². The summed E-state index contributed by atoms with van der Waals surface area (Å²) in [6, 6.07) is 1.87. The van der Waals surface area contributed by atoms with E-state index in [1.165, 1.54) is 0 Å². The van der Waals surface area contributed by atoms with Crippen molar-refractivity contribution < 1.29 is 14.4 Å². The summed E-state index contributed by atoms with van der Waals surface area (Å²) in [5.41, 5.74) is 1.63. The first-order chi connectivity index (χ1) is 10.5. The molecule has 2 aromatic heterocycles. The molecular weight excluding hydrogens is 302 g/mol. The number of carbonyl (C=O) groups excluding carboxylic acids is 1. The van der Waals surface area contributed by atoms with Gasteiger partial charge in [0, 0.05) is 36.9 Å². The Morgan fingerprint density at radius 1 is 1.50 bits per heavy atom. The van der Waals surface area contributed by atoms with Crippen molar-refractivity contribution in [2.75, 3.05) is 13.1 Å². The van der Waals surface area contributed by atoms with Crippen molar-refractivity contribution in [2.24, 2.45) is 5.92 Å². The molecule has 3 heterocycles. The third-order valence-electron chi connectivity index (χ3n) is 3.90. The van der Waals surface area contributed by atoms with Gasteiger partial charge in [-0.1, -0.05) is 5.16 Å². The van der Waals surface area contributed by atoms with Crippen LogP contribution in [0.2, 0.25) is 0 Å². The van der Waals surface area contributed by atoms with Crippen molar-refractivity contribution in [1.82, 2.24) is 15.0 Å². The maximum atomic E-state index is 12.3. The summed E-state index contributed by atoms with van der Waals surface area (Å²) in [5, 5.41) is 16.9. The first kappa shape index (κ1) is 15.2. The molecule has 7 heteroatoms. The number of aryl methyl sites for hydroxylation is 2. The second-order valence-electron chi connectivity index (χ2n) is 5.80. The number of nitrogens with zero attached hydrogens (tertiary/aromatic N) is 3. The van der Waals surface area contributed by atoms with Crippen LogP contribution >= 0.6 is 11.3 Å². The molecule has 1 fully saturated rings. The Kier molecular flexibility index (Phi) is 4.26. The Morgan fingerprint density at radius 2 is 2.32 bits per heavy atom. The van der Waals surface area contributed by atoms with Gasteiger partial charge in [0.05, 0.1) is 28.9 Å². The highest BCUT2D eigenvalue weighted by Gasteiger charge is 2.34. The van der Waals surface area contributed by atoms with Gasteiger partial charge in [0.2, 0.25) is 5.91 Å². The average molecular weight is 321 g/mol. The zero-order valence-electron chi connectivity index (χ0n) is 12.7. The number of aromatic nitrogens is 2. The molecule has 1 aliphatic rings. The molecule has 118 valence electrons. The molecule has 0 unspecified atom stereocenters. The third-order valence-corrected chi connectivity index (χ3v) is 4.72. The largest absolute Gasteiger partial charge is 0.391 e. The lowest BCUT2D eigenvalue weighted by Gasteiger charge is -2.15. The summed E-state index contributed by atoms with van der Waals surface area (Å²) in [4.78, 5) is 18.3. The second-order valence-corrected chi connectivity index (χ2v) is 6.86. The van der Waals surface area contributed by atoms with Crippen LogP contribution in [0.25, 0.3) is 0 Å². The zero-order chi connectivity index (χ0) is 15.7. The standard InChI is InChI=1S/C15H19N3O3S/c1-9-3-13(21-17-9)4-11-6-18(7-14(11)19)15(20)5-12-8-22-10(2)16-12/h3,8,11,14,19H,4-7H2,1-2H3/t11-,14+/m1/s1. The van der Waals surface area contributed by atoms with E-state index in [0.29, 0.717) is 25.9 Å². The number of thiazole rings is 1. The Bertz CT molecular complexity index is 667. The number of likely N-dealkylation sites (tertiary alicyclic amines) is 1. The van der Waals surface area contributed by atoms with Crippen molar-refractivity contribution in [3.05, 3.63) is 33.6 Å². The van der Waals surface area contributed by atoms with Gasteiger partial charge >= 0.3 is 0 Å². The molecule has 1 saturated heterocycles. The van der Waals surface area contributed by atoms with Crippen molar-refractivity contribution in [2.45, 2.75) is 32.8 Å². The number of hydrogen-bond acceptors (Lipinski definition) is 6. The van der Waals surface area contributed by atoms with E-state index in [9.17, 15) is 9.90 Å². The van der Waals surface area contributed by atoms with Crippen LogP contribution in [0.1, 0.15) is 22.2 Å². The Morgan fingerprint density at radius 3 is 2.95 bits per heavy atom. The number of rotatable bonds is 4. The van der Waals surface area contributed by atoms with Crippen LogP contribution in [0.5, 0.6) is 0 Å². The number of amides is 1. The van der Waals surface area contributed by atoms with Gasteiger partial charge in [0.15, 0.2) is 0 Å². The number of aliphatic hydroxyl groups is 1. The summed E-state index contributed by atoms with van der Waals surface area (Å²) in [7, 11) is 0. The summed E-state index contributed by atoms with van der Waals surface area (Å²) >= 11 is 1.54. The topological polar surface area (TPSA) is 79.5 Å². The normalized spacial score (nSPS) is 21.5. The minimum Gasteiger partial charge on any atom is -0.391 e. The van der Waals surface area contributed by atoms with Crippen LogP contribution in [-0.4, -0.2) is 45.2 Å². The summed E-state index contributed by atoms with van der Waals surface area (Å²) in [5.74, 6) is 0.764. The Balaban J connectivity index is 1.58. The monoisotopic (exact) mass is 321 g/mol. The smallest absolute Gasteiger partial charge is 0.228 e. The van der Waals surface area contributed by atoms with Gasteiger partial charge in [-0.05, 0) is 13.8 Å². The minimum absolute atomic E-state index is 0.00605. The van der Waals surface area contributed by atoms with E-state index in [1.807, 2.05) is 25.3 Å². The summed E-state index contributed by atoms with van der Waals surface area (Å²) in [6.07, 6.45) is 0.374. The van der Waals surface area contributed by atoms with Crippen molar-refractivity contribution >= 4 is 17.2 Å². The molecule has 3 rings (SSSR count). The molecule has 1 amide bonds. The van der Waals surface area contributed by atoms with E-state index < -0.39 is 6.10 Å². The van der Waals surface area contributed by atoms with Gasteiger partial charge in [0.1, 0.15) is 5.76 Å². The fraction of sp³-hybridized carbons (Fsp3) is 0.533. The summed E-state index contributed by atoms with van der Waals surface area (Å²) in [6.45, 7) is 4.71. The number of β-amino-alcohol motifs (C(OH)–C–C–N with tert-alkyl or cyclic N) is 1. The number of aliphatic hydroxyl groups excluding tert-OH is 1. The Labute approximate surface area is 132 Å². The van der Waals surface area contributed by atoms with E-state index in [4.69, 9.17) is 4.52 Å².